The summed E-state index contributed by atoms with van der Waals surface area (Å²) in [5, 5.41) is 5.60. The molecule has 1 aliphatic heterocycles. The molecule has 0 bridgehead atoms. The topological polar surface area (TPSA) is 78.5 Å². The number of nitrogens with one attached hydrogen (secondary N) is 2. The standard InChI is InChI=1S/C20H27N3O3/c1-4-11-21-19(25)16-6-5-12-23(13-16)20(26)15-7-9-17(10-8-15)22-18(24)14(2)3/h4,7-10,14,16H,1,5-6,11-13H2,2-3H3,(H,21,25)(H,22,24)/t16-/m0/s1. The fraction of sp³-hybridized carbons (Fsp3) is 0.450. The second kappa shape index (κ2) is 9.17. The number of amides is 3. The van der Waals surface area contributed by atoms with Gasteiger partial charge in [-0.2, -0.15) is 0 Å². The Morgan fingerprint density at radius 2 is 1.96 bits per heavy atom. The summed E-state index contributed by atoms with van der Waals surface area (Å²) in [5.74, 6) is -0.471. The fourth-order valence-electron chi connectivity index (χ4n) is 2.86. The van der Waals surface area contributed by atoms with E-state index in [0.717, 1.165) is 12.8 Å². The van der Waals surface area contributed by atoms with Crippen LogP contribution in [0.4, 0.5) is 5.69 Å². The molecule has 1 aliphatic rings. The molecule has 26 heavy (non-hydrogen) atoms. The minimum atomic E-state index is -0.183. The number of hydrogen-bond donors (Lipinski definition) is 2. The molecule has 1 atom stereocenters. The van der Waals surface area contributed by atoms with Gasteiger partial charge in [0.05, 0.1) is 5.92 Å². The average Bonchev–Trinajstić information content (AvgIpc) is 2.66. The van der Waals surface area contributed by atoms with Gasteiger partial charge in [0, 0.05) is 36.8 Å². The third-order valence-corrected chi connectivity index (χ3v) is 4.42. The van der Waals surface area contributed by atoms with Crippen LogP contribution in [0.2, 0.25) is 0 Å². The lowest BCUT2D eigenvalue weighted by Crippen LogP contribution is -2.45. The lowest BCUT2D eigenvalue weighted by atomic mass is 9.96. The molecule has 140 valence electrons. The van der Waals surface area contributed by atoms with E-state index < -0.39 is 0 Å². The molecule has 0 aromatic heterocycles. The largest absolute Gasteiger partial charge is 0.352 e. The number of hydrogen-bond acceptors (Lipinski definition) is 3. The van der Waals surface area contributed by atoms with E-state index in [2.05, 4.69) is 17.2 Å². The van der Waals surface area contributed by atoms with Crippen LogP contribution in [0.1, 0.15) is 37.0 Å². The zero-order valence-corrected chi connectivity index (χ0v) is 15.5. The van der Waals surface area contributed by atoms with Crippen molar-refractivity contribution in [1.82, 2.24) is 10.2 Å². The number of piperidine rings is 1. The van der Waals surface area contributed by atoms with Crippen LogP contribution in [-0.4, -0.2) is 42.3 Å². The number of anilines is 1. The van der Waals surface area contributed by atoms with Gasteiger partial charge in [-0.3, -0.25) is 14.4 Å². The van der Waals surface area contributed by atoms with Crippen LogP contribution >= 0.6 is 0 Å². The molecule has 0 radical (unpaired) electrons. The molecule has 1 heterocycles. The van der Waals surface area contributed by atoms with Gasteiger partial charge in [0.15, 0.2) is 0 Å². The number of nitrogens with zero attached hydrogens (tertiary/aromatic N) is 1. The summed E-state index contributed by atoms with van der Waals surface area (Å²) >= 11 is 0. The minimum absolute atomic E-state index is 0.0332. The maximum absolute atomic E-state index is 12.7. The highest BCUT2D eigenvalue weighted by Gasteiger charge is 2.28. The van der Waals surface area contributed by atoms with Gasteiger partial charge in [0.2, 0.25) is 11.8 Å². The van der Waals surface area contributed by atoms with Gasteiger partial charge < -0.3 is 15.5 Å². The number of carbonyl (C=O) groups excluding carboxylic acids is 3. The monoisotopic (exact) mass is 357 g/mol. The molecule has 6 nitrogen and oxygen atoms in total. The molecule has 0 unspecified atom stereocenters. The first-order chi connectivity index (χ1) is 12.4. The first-order valence-electron chi connectivity index (χ1n) is 9.01. The van der Waals surface area contributed by atoms with Crippen molar-refractivity contribution in [3.8, 4) is 0 Å². The summed E-state index contributed by atoms with van der Waals surface area (Å²) in [7, 11) is 0. The highest BCUT2D eigenvalue weighted by Crippen LogP contribution is 2.20. The molecule has 0 saturated carbocycles. The molecular formula is C20H27N3O3. The van der Waals surface area contributed by atoms with Gasteiger partial charge in [-0.25, -0.2) is 0 Å². The molecule has 1 aromatic carbocycles. The zero-order valence-electron chi connectivity index (χ0n) is 15.5. The molecule has 2 rings (SSSR count). The lowest BCUT2D eigenvalue weighted by molar-refractivity contribution is -0.126. The van der Waals surface area contributed by atoms with Gasteiger partial charge in [0.1, 0.15) is 0 Å². The highest BCUT2D eigenvalue weighted by molar-refractivity contribution is 5.96. The van der Waals surface area contributed by atoms with E-state index in [-0.39, 0.29) is 29.6 Å². The van der Waals surface area contributed by atoms with Crippen LogP contribution in [0.15, 0.2) is 36.9 Å². The van der Waals surface area contributed by atoms with Crippen LogP contribution < -0.4 is 10.6 Å². The maximum atomic E-state index is 12.7. The molecule has 0 spiro atoms. The van der Waals surface area contributed by atoms with Crippen molar-refractivity contribution in [3.05, 3.63) is 42.5 Å². The van der Waals surface area contributed by atoms with Crippen LogP contribution in [-0.2, 0) is 9.59 Å². The summed E-state index contributed by atoms with van der Waals surface area (Å²) in [6.45, 7) is 8.75. The van der Waals surface area contributed by atoms with E-state index in [4.69, 9.17) is 0 Å². The van der Waals surface area contributed by atoms with Crippen LogP contribution in [0.25, 0.3) is 0 Å². The molecule has 3 amide bonds. The lowest BCUT2D eigenvalue weighted by Gasteiger charge is -2.32. The molecule has 0 aliphatic carbocycles. The molecule has 2 N–H and O–H groups in total. The Balaban J connectivity index is 1.98. The van der Waals surface area contributed by atoms with Crippen molar-refractivity contribution >= 4 is 23.4 Å². The van der Waals surface area contributed by atoms with E-state index in [9.17, 15) is 14.4 Å². The smallest absolute Gasteiger partial charge is 0.253 e. The second-order valence-corrected chi connectivity index (χ2v) is 6.85. The van der Waals surface area contributed by atoms with Crippen molar-refractivity contribution in [2.75, 3.05) is 25.0 Å². The van der Waals surface area contributed by atoms with Gasteiger partial charge in [-0.1, -0.05) is 19.9 Å². The summed E-state index contributed by atoms with van der Waals surface area (Å²) in [4.78, 5) is 38.3. The van der Waals surface area contributed by atoms with E-state index in [1.807, 2.05) is 13.8 Å². The first kappa shape index (κ1) is 19.7. The quantitative estimate of drug-likeness (QED) is 0.768. The Kier molecular flexibility index (Phi) is 6.95. The molecule has 1 fully saturated rings. The van der Waals surface area contributed by atoms with E-state index in [0.29, 0.717) is 30.9 Å². The first-order valence-corrected chi connectivity index (χ1v) is 9.01. The summed E-state index contributed by atoms with van der Waals surface area (Å²) in [6.07, 6.45) is 3.23. The van der Waals surface area contributed by atoms with Crippen LogP contribution in [0.5, 0.6) is 0 Å². The Morgan fingerprint density at radius 3 is 2.58 bits per heavy atom. The van der Waals surface area contributed by atoms with E-state index in [1.54, 1.807) is 35.2 Å². The minimum Gasteiger partial charge on any atom is -0.352 e. The third kappa shape index (κ3) is 5.18. The highest BCUT2D eigenvalue weighted by atomic mass is 16.2. The number of rotatable bonds is 6. The van der Waals surface area contributed by atoms with Crippen LogP contribution in [0, 0.1) is 11.8 Å². The number of benzene rings is 1. The number of carbonyl (C=O) groups is 3. The maximum Gasteiger partial charge on any atom is 0.253 e. The Hall–Kier alpha value is -2.63. The molecule has 6 heteroatoms. The molecule has 1 aromatic rings. The Labute approximate surface area is 154 Å². The van der Waals surface area contributed by atoms with Crippen molar-refractivity contribution in [2.24, 2.45) is 11.8 Å². The third-order valence-electron chi connectivity index (χ3n) is 4.42. The average molecular weight is 357 g/mol. The normalized spacial score (nSPS) is 16.9. The molecular weight excluding hydrogens is 330 g/mol. The Bertz CT molecular complexity index is 667. The van der Waals surface area contributed by atoms with Gasteiger partial charge >= 0.3 is 0 Å². The predicted molar refractivity (Wildman–Crippen MR) is 102 cm³/mol. The van der Waals surface area contributed by atoms with Crippen molar-refractivity contribution in [1.29, 1.82) is 0 Å². The van der Waals surface area contributed by atoms with E-state index in [1.165, 1.54) is 0 Å². The summed E-state index contributed by atoms with van der Waals surface area (Å²) < 4.78 is 0. The fourth-order valence-corrected chi connectivity index (χ4v) is 2.86. The van der Waals surface area contributed by atoms with Crippen molar-refractivity contribution in [3.63, 3.8) is 0 Å². The second-order valence-electron chi connectivity index (χ2n) is 6.85. The molecule has 1 saturated heterocycles. The van der Waals surface area contributed by atoms with E-state index >= 15 is 0 Å². The number of likely N-dealkylation sites (tertiary alicyclic amines) is 1. The summed E-state index contributed by atoms with van der Waals surface area (Å²) in [5.41, 5.74) is 1.22. The Morgan fingerprint density at radius 1 is 1.27 bits per heavy atom. The van der Waals surface area contributed by atoms with Crippen molar-refractivity contribution in [2.45, 2.75) is 26.7 Å². The van der Waals surface area contributed by atoms with Gasteiger partial charge in [-0.05, 0) is 37.1 Å². The summed E-state index contributed by atoms with van der Waals surface area (Å²) in [6, 6.07) is 6.87. The van der Waals surface area contributed by atoms with Gasteiger partial charge in [-0.15, -0.1) is 6.58 Å². The van der Waals surface area contributed by atoms with Crippen LogP contribution in [0.3, 0.4) is 0 Å². The van der Waals surface area contributed by atoms with Gasteiger partial charge in [0.25, 0.3) is 5.91 Å². The zero-order chi connectivity index (χ0) is 19.1. The van der Waals surface area contributed by atoms with Crippen molar-refractivity contribution < 1.29 is 14.4 Å². The predicted octanol–water partition coefficient (Wildman–Crippen LogP) is 2.44. The SMILES string of the molecule is C=CCNC(=O)[C@H]1CCCN(C(=O)c2ccc(NC(=O)C(C)C)cc2)C1.